The zero-order chi connectivity index (χ0) is 36.8. The van der Waals surface area contributed by atoms with Crippen molar-refractivity contribution in [3.05, 3.63) is 129 Å². The van der Waals surface area contributed by atoms with E-state index in [4.69, 9.17) is 32.9 Å². The Kier molecular flexibility index (Phi) is 11.9. The number of esters is 1. The fraction of sp³-hybridized carbons (Fsp3) is 0.343. The average Bonchev–Trinajstić information content (AvgIpc) is 3.40. The van der Waals surface area contributed by atoms with E-state index in [1.807, 2.05) is 30.3 Å². The van der Waals surface area contributed by atoms with Crippen molar-refractivity contribution in [1.29, 1.82) is 0 Å². The van der Waals surface area contributed by atoms with Crippen molar-refractivity contribution in [1.82, 2.24) is 9.55 Å². The molecule has 0 bridgehead atoms. The van der Waals surface area contributed by atoms with Crippen molar-refractivity contribution in [3.8, 4) is 11.5 Å². The third-order valence-electron chi connectivity index (χ3n) is 8.38. The number of aromatic amines is 1. The zero-order valence-corrected chi connectivity index (χ0v) is 29.2. The first-order valence-electron chi connectivity index (χ1n) is 15.9. The van der Waals surface area contributed by atoms with E-state index in [0.717, 1.165) is 16.8 Å². The molecule has 51 heavy (non-hydrogen) atoms. The first-order valence-corrected chi connectivity index (χ1v) is 17.1. The number of carbonyl (C=O) groups excluding carboxylic acids is 1. The third kappa shape index (κ3) is 7.85. The van der Waals surface area contributed by atoms with Gasteiger partial charge in [0.1, 0.15) is 29.8 Å². The molecule has 1 aliphatic heterocycles. The molecule has 2 unspecified atom stereocenters. The molecule has 1 saturated heterocycles. The molecular weight excluding hydrogens is 687 g/mol. The fourth-order valence-electron chi connectivity index (χ4n) is 6.16. The van der Waals surface area contributed by atoms with Crippen LogP contribution in [0.3, 0.4) is 0 Å². The number of aromatic nitrogens is 2. The second kappa shape index (κ2) is 16.2. The molecule has 272 valence electrons. The lowest BCUT2D eigenvalue weighted by molar-refractivity contribution is -0.247. The van der Waals surface area contributed by atoms with Crippen molar-refractivity contribution >= 4 is 14.2 Å². The number of hydrogen-bond donors (Lipinski definition) is 3. The third-order valence-corrected chi connectivity index (χ3v) is 8.89. The Balaban J connectivity index is 1.69. The number of hydrogen-bond acceptors (Lipinski definition) is 12. The van der Waals surface area contributed by atoms with E-state index in [2.05, 4.69) is 4.98 Å². The lowest BCUT2D eigenvalue weighted by Gasteiger charge is -2.41. The highest BCUT2D eigenvalue weighted by molar-refractivity contribution is 7.32. The molecule has 0 radical (unpaired) electrons. The molecule has 0 aliphatic carbocycles. The van der Waals surface area contributed by atoms with Gasteiger partial charge >= 0.3 is 19.9 Å². The minimum absolute atomic E-state index is 0.0169. The molecule has 0 amide bonds. The Labute approximate surface area is 293 Å². The molecule has 15 nitrogen and oxygen atoms in total. The van der Waals surface area contributed by atoms with Crippen molar-refractivity contribution in [2.24, 2.45) is 0 Å². The maximum atomic E-state index is 13.0. The highest BCUT2D eigenvalue weighted by atomic mass is 31.1. The van der Waals surface area contributed by atoms with Gasteiger partial charge in [-0.25, -0.2) is 9.59 Å². The minimum atomic E-state index is -3.96. The maximum absolute atomic E-state index is 13.0. The standard InChI is InChI=1S/C35H39N2O13P/c1-5-46-29(39)21-47-31-32(37-20-19-28(38)36-33(37)40)48-30(35(31,41)50-51(42)43)22(2)49-34(23-9-7-6-8-10-23,24-11-15-26(44-3)16-12-24)25-13-17-27(45-4)18-14-25/h6-20,22,30-32,41,51H,5,21H2,1-4H3,(H,42,43)(H,36,38,40)/t22?,30-,31+,32-,35-/m1/s1. The molecule has 1 aromatic heterocycles. The molecule has 1 aliphatic rings. The summed E-state index contributed by atoms with van der Waals surface area (Å²) in [6.45, 7) is 2.38. The number of aliphatic hydroxyl groups is 1. The SMILES string of the molecule is CCOC(=O)CO[C@H]1[C@H](n2ccc(=O)[nH]c2=O)O[C@H](C(C)OC(c2ccccc2)(c2ccc(OC)cc2)c2ccc(OC)cc2)[C@@]1(O)O[PH](=O)O. The smallest absolute Gasteiger partial charge is 0.332 e. The summed E-state index contributed by atoms with van der Waals surface area (Å²) in [6.07, 6.45) is -5.26. The second-order valence-corrected chi connectivity index (χ2v) is 12.2. The molecule has 16 heteroatoms. The summed E-state index contributed by atoms with van der Waals surface area (Å²) in [7, 11) is -0.883. The highest BCUT2D eigenvalue weighted by Crippen LogP contribution is 2.49. The summed E-state index contributed by atoms with van der Waals surface area (Å²) in [5.74, 6) is -2.50. The molecule has 1 fully saturated rings. The van der Waals surface area contributed by atoms with E-state index in [1.54, 1.807) is 62.4 Å². The molecule has 3 aromatic carbocycles. The van der Waals surface area contributed by atoms with Crippen LogP contribution in [0.25, 0.3) is 0 Å². The first-order chi connectivity index (χ1) is 24.5. The van der Waals surface area contributed by atoms with Gasteiger partial charge in [0.05, 0.1) is 26.9 Å². The Morgan fingerprint density at radius 2 is 1.53 bits per heavy atom. The van der Waals surface area contributed by atoms with Gasteiger partial charge in [-0.1, -0.05) is 54.6 Å². The summed E-state index contributed by atoms with van der Waals surface area (Å²) >= 11 is 0. The molecule has 0 spiro atoms. The molecular formula is C35H39N2O13P. The summed E-state index contributed by atoms with van der Waals surface area (Å²) < 4.78 is 53.4. The van der Waals surface area contributed by atoms with Gasteiger partial charge in [0, 0.05) is 12.3 Å². The lowest BCUT2D eigenvalue weighted by atomic mass is 9.79. The van der Waals surface area contributed by atoms with E-state index in [9.17, 15) is 28.9 Å². The number of ether oxygens (including phenoxy) is 6. The van der Waals surface area contributed by atoms with E-state index in [0.29, 0.717) is 28.2 Å². The van der Waals surface area contributed by atoms with Crippen molar-refractivity contribution in [2.75, 3.05) is 27.4 Å². The molecule has 0 saturated carbocycles. The fourth-order valence-corrected chi connectivity index (χ4v) is 6.67. The van der Waals surface area contributed by atoms with E-state index in [-0.39, 0.29) is 6.61 Å². The Morgan fingerprint density at radius 3 is 2.04 bits per heavy atom. The van der Waals surface area contributed by atoms with Crippen LogP contribution in [0.5, 0.6) is 11.5 Å². The van der Waals surface area contributed by atoms with Crippen molar-refractivity contribution < 1.29 is 52.3 Å². The average molecular weight is 727 g/mol. The topological polar surface area (TPSA) is 194 Å². The predicted molar refractivity (Wildman–Crippen MR) is 182 cm³/mol. The summed E-state index contributed by atoms with van der Waals surface area (Å²) in [5, 5.41) is 12.3. The maximum Gasteiger partial charge on any atom is 0.332 e. The highest BCUT2D eigenvalue weighted by Gasteiger charge is 2.63. The number of nitrogens with one attached hydrogen (secondary N) is 1. The van der Waals surface area contributed by atoms with Crippen LogP contribution < -0.4 is 20.7 Å². The minimum Gasteiger partial charge on any atom is -0.497 e. The predicted octanol–water partition coefficient (Wildman–Crippen LogP) is 2.88. The summed E-state index contributed by atoms with van der Waals surface area (Å²) in [5.41, 5.74) is -1.25. The Morgan fingerprint density at radius 1 is 0.961 bits per heavy atom. The number of benzene rings is 3. The molecule has 5 rings (SSSR count). The molecule has 6 atom stereocenters. The van der Waals surface area contributed by atoms with E-state index >= 15 is 0 Å². The van der Waals surface area contributed by atoms with E-state index < -0.39 is 68.0 Å². The largest absolute Gasteiger partial charge is 0.497 e. The van der Waals surface area contributed by atoms with Crippen LogP contribution in [0.4, 0.5) is 0 Å². The quantitative estimate of drug-likeness (QED) is 0.0702. The second-order valence-electron chi connectivity index (χ2n) is 11.4. The Bertz CT molecular complexity index is 1870. The van der Waals surface area contributed by atoms with Gasteiger partial charge in [0.2, 0.25) is 5.79 Å². The van der Waals surface area contributed by atoms with Crippen molar-refractivity contribution in [3.63, 3.8) is 0 Å². The normalized spacial score (nSPS) is 21.5. The van der Waals surface area contributed by atoms with Crippen LogP contribution in [-0.2, 0) is 38.4 Å². The van der Waals surface area contributed by atoms with Crippen molar-refractivity contribution in [2.45, 2.75) is 49.8 Å². The van der Waals surface area contributed by atoms with Crippen LogP contribution >= 0.6 is 8.25 Å². The first kappa shape index (κ1) is 37.7. The van der Waals surface area contributed by atoms with E-state index in [1.165, 1.54) is 14.2 Å². The van der Waals surface area contributed by atoms with Gasteiger partial charge in [-0.2, -0.15) is 0 Å². The summed E-state index contributed by atoms with van der Waals surface area (Å²) in [6, 6.07) is 24.5. The van der Waals surface area contributed by atoms with Gasteiger partial charge in [0.25, 0.3) is 5.56 Å². The molecule has 4 aromatic rings. The zero-order valence-electron chi connectivity index (χ0n) is 28.2. The number of carbonyl (C=O) groups is 1. The van der Waals surface area contributed by atoms with Crippen LogP contribution in [0, 0.1) is 0 Å². The molecule has 2 heterocycles. The lowest BCUT2D eigenvalue weighted by Crippen LogP contribution is -2.55. The van der Waals surface area contributed by atoms with Crippen LogP contribution in [0.15, 0.2) is 101 Å². The number of methoxy groups -OCH3 is 2. The van der Waals surface area contributed by atoms with Gasteiger partial charge < -0.3 is 38.4 Å². The van der Waals surface area contributed by atoms with Crippen LogP contribution in [0.1, 0.15) is 36.8 Å². The summed E-state index contributed by atoms with van der Waals surface area (Å²) in [4.78, 5) is 49.5. The van der Waals surface area contributed by atoms with Crippen LogP contribution in [0.2, 0.25) is 0 Å². The number of rotatable bonds is 15. The number of H-pyrrole nitrogens is 1. The van der Waals surface area contributed by atoms with Gasteiger partial charge in [-0.15, -0.1) is 0 Å². The molecule has 3 N–H and O–H groups in total. The number of nitrogens with zero attached hydrogens (tertiary/aromatic N) is 1. The monoisotopic (exact) mass is 726 g/mol. The Hall–Kier alpha value is -4.60. The van der Waals surface area contributed by atoms with Gasteiger partial charge in [-0.3, -0.25) is 23.4 Å². The van der Waals surface area contributed by atoms with Gasteiger partial charge in [-0.05, 0) is 54.8 Å². The van der Waals surface area contributed by atoms with Gasteiger partial charge in [0.15, 0.2) is 12.3 Å². The van der Waals surface area contributed by atoms with Crippen LogP contribution in [-0.4, -0.2) is 77.1 Å².